The zero-order valence-electron chi connectivity index (χ0n) is 24.3. The van der Waals surface area contributed by atoms with Crippen molar-refractivity contribution in [2.75, 3.05) is 30.7 Å². The predicted molar refractivity (Wildman–Crippen MR) is 161 cm³/mol. The molecule has 3 unspecified atom stereocenters. The first-order chi connectivity index (χ1) is 19.3. The molecule has 0 saturated carbocycles. The molecule has 224 valence electrons. The summed E-state index contributed by atoms with van der Waals surface area (Å²) in [5, 5.41) is 6.08. The molecule has 1 aliphatic heterocycles. The number of ether oxygens (including phenoxy) is 1. The Morgan fingerprint density at radius 1 is 1.22 bits per heavy atom. The predicted octanol–water partition coefficient (Wildman–Crippen LogP) is 4.14. The molecular formula is C30H43F2N7O2. The van der Waals surface area contributed by atoms with Crippen molar-refractivity contribution < 1.29 is 18.3 Å². The first kappa shape index (κ1) is 32.0. The molecule has 2 aromatic rings. The smallest absolute Gasteiger partial charge is 0.270 e. The van der Waals surface area contributed by atoms with E-state index in [0.717, 1.165) is 26.6 Å². The van der Waals surface area contributed by atoms with Crippen LogP contribution in [0.2, 0.25) is 0 Å². The van der Waals surface area contributed by atoms with Crippen molar-refractivity contribution in [3.63, 3.8) is 0 Å². The van der Waals surface area contributed by atoms with E-state index in [1.807, 2.05) is 6.92 Å². The highest BCUT2D eigenvalue weighted by Crippen LogP contribution is 2.31. The summed E-state index contributed by atoms with van der Waals surface area (Å²) in [5.41, 5.74) is 19.5. The number of aliphatic imine (C=N–C) groups is 1. The Kier molecular flexibility index (Phi) is 11.2. The number of amides is 1. The molecule has 9 nitrogen and oxygen atoms in total. The van der Waals surface area contributed by atoms with E-state index < -0.39 is 17.9 Å². The highest BCUT2D eigenvalue weighted by Gasteiger charge is 2.24. The highest BCUT2D eigenvalue weighted by molar-refractivity contribution is 6.09. The molecule has 1 fully saturated rings. The van der Waals surface area contributed by atoms with Gasteiger partial charge in [0.1, 0.15) is 0 Å². The van der Waals surface area contributed by atoms with Gasteiger partial charge in [0.25, 0.3) is 5.92 Å². The molecule has 41 heavy (non-hydrogen) atoms. The van der Waals surface area contributed by atoms with E-state index in [-0.39, 0.29) is 29.0 Å². The Hall–Kier alpha value is -3.54. The van der Waals surface area contributed by atoms with Crippen LogP contribution in [0.25, 0.3) is 0 Å². The van der Waals surface area contributed by atoms with Gasteiger partial charge < -0.3 is 27.3 Å². The van der Waals surface area contributed by atoms with Crippen LogP contribution in [0, 0.1) is 0 Å². The lowest BCUT2D eigenvalue weighted by molar-refractivity contribution is -0.117. The third-order valence-corrected chi connectivity index (χ3v) is 7.04. The van der Waals surface area contributed by atoms with Crippen molar-refractivity contribution in [1.82, 2.24) is 10.2 Å². The maximum Gasteiger partial charge on any atom is 0.270 e. The van der Waals surface area contributed by atoms with E-state index in [2.05, 4.69) is 22.5 Å². The van der Waals surface area contributed by atoms with Crippen LogP contribution in [0.4, 0.5) is 20.2 Å². The molecule has 1 amide bonds. The van der Waals surface area contributed by atoms with Crippen LogP contribution in [0.15, 0.2) is 59.4 Å². The molecule has 0 radical (unpaired) electrons. The number of hydrogen-bond donors (Lipinski definition) is 5. The number of benzene rings is 2. The summed E-state index contributed by atoms with van der Waals surface area (Å²) in [4.78, 5) is 19.3. The molecule has 8 N–H and O–H groups in total. The van der Waals surface area contributed by atoms with Crippen LogP contribution in [-0.4, -0.2) is 54.4 Å². The van der Waals surface area contributed by atoms with Crippen molar-refractivity contribution in [2.24, 2.45) is 16.5 Å². The Morgan fingerprint density at radius 3 is 2.56 bits per heavy atom. The average Bonchev–Trinajstić information content (AvgIpc) is 2.91. The third kappa shape index (κ3) is 9.51. The summed E-state index contributed by atoms with van der Waals surface area (Å²) >= 11 is 0. The lowest BCUT2D eigenvalue weighted by atomic mass is 10.0. The van der Waals surface area contributed by atoms with Crippen LogP contribution in [-0.2, 0) is 10.7 Å². The fraction of sp³-hybridized carbons (Fsp3) is 0.467. The van der Waals surface area contributed by atoms with E-state index >= 15 is 0 Å². The number of anilines is 2. The lowest BCUT2D eigenvalue weighted by Crippen LogP contribution is -2.42. The van der Waals surface area contributed by atoms with Gasteiger partial charge in [-0.05, 0) is 57.9 Å². The van der Waals surface area contributed by atoms with Gasteiger partial charge in [-0.1, -0.05) is 36.8 Å². The molecular weight excluding hydrogens is 528 g/mol. The van der Waals surface area contributed by atoms with Gasteiger partial charge in [0.15, 0.2) is 11.6 Å². The number of carbonyl (C=O) groups is 1. The molecule has 1 saturated heterocycles. The summed E-state index contributed by atoms with van der Waals surface area (Å²) < 4.78 is 33.5. The maximum atomic E-state index is 13.8. The van der Waals surface area contributed by atoms with Crippen LogP contribution < -0.4 is 32.6 Å². The molecule has 1 aliphatic rings. The number of piperidine rings is 1. The minimum atomic E-state index is -2.96. The second-order valence-electron chi connectivity index (χ2n) is 10.6. The number of allylic oxidation sites excluding steroid dienone is 1. The molecule has 0 bridgehead atoms. The number of nitrogens with zero attached hydrogens (tertiary/aromatic N) is 2. The van der Waals surface area contributed by atoms with Gasteiger partial charge in [0, 0.05) is 37.7 Å². The van der Waals surface area contributed by atoms with Crippen LogP contribution in [0.3, 0.4) is 0 Å². The average molecular weight is 572 g/mol. The number of halogens is 2. The molecule has 1 heterocycles. The monoisotopic (exact) mass is 571 g/mol. The van der Waals surface area contributed by atoms with Gasteiger partial charge in [0.2, 0.25) is 5.91 Å². The number of hydrogen-bond acceptors (Lipinski definition) is 8. The number of nitrogens with two attached hydrogens (primary N) is 3. The summed E-state index contributed by atoms with van der Waals surface area (Å²) in [5.74, 6) is -3.16. The zero-order chi connectivity index (χ0) is 30.2. The van der Waals surface area contributed by atoms with Crippen LogP contribution in [0.5, 0.6) is 5.75 Å². The van der Waals surface area contributed by atoms with Gasteiger partial charge in [-0.25, -0.2) is 8.78 Å². The molecule has 0 aliphatic carbocycles. The number of nitrogen functional groups attached to an aromatic ring is 1. The van der Waals surface area contributed by atoms with E-state index in [1.54, 1.807) is 37.3 Å². The van der Waals surface area contributed by atoms with E-state index in [9.17, 15) is 13.6 Å². The fourth-order valence-electron chi connectivity index (χ4n) is 4.57. The normalized spacial score (nSPS) is 18.6. The number of rotatable bonds is 12. The van der Waals surface area contributed by atoms with E-state index in [0.29, 0.717) is 23.0 Å². The van der Waals surface area contributed by atoms with E-state index in [1.165, 1.54) is 37.5 Å². The number of para-hydroxylation sites is 1. The highest BCUT2D eigenvalue weighted by atomic mass is 19.3. The number of nitrogens with one attached hydrogen (secondary N) is 2. The first-order valence-electron chi connectivity index (χ1n) is 14.0. The van der Waals surface area contributed by atoms with Crippen molar-refractivity contribution in [3.05, 3.63) is 65.6 Å². The minimum absolute atomic E-state index is 0.0228. The van der Waals surface area contributed by atoms with Gasteiger partial charge in [-0.3, -0.25) is 20.0 Å². The molecule has 3 atom stereocenters. The Labute approximate surface area is 241 Å². The van der Waals surface area contributed by atoms with Gasteiger partial charge in [-0.15, -0.1) is 0 Å². The Morgan fingerprint density at radius 2 is 1.93 bits per heavy atom. The molecule has 0 spiro atoms. The molecule has 2 aromatic carbocycles. The van der Waals surface area contributed by atoms with Crippen molar-refractivity contribution in [1.29, 1.82) is 0 Å². The number of likely N-dealkylation sites (tertiary alicyclic amines) is 1. The van der Waals surface area contributed by atoms with Crippen LogP contribution >= 0.6 is 0 Å². The quantitative estimate of drug-likeness (QED) is 0.146. The largest absolute Gasteiger partial charge is 0.439 e. The van der Waals surface area contributed by atoms with E-state index in [4.69, 9.17) is 26.9 Å². The van der Waals surface area contributed by atoms with Crippen molar-refractivity contribution >= 4 is 23.0 Å². The third-order valence-electron chi connectivity index (χ3n) is 7.04. The van der Waals surface area contributed by atoms with Crippen molar-refractivity contribution in [2.45, 2.75) is 71.1 Å². The Bertz CT molecular complexity index is 1230. The van der Waals surface area contributed by atoms with Crippen LogP contribution in [0.1, 0.15) is 58.1 Å². The van der Waals surface area contributed by atoms with Crippen molar-refractivity contribution in [3.8, 4) is 5.75 Å². The minimum Gasteiger partial charge on any atom is -0.439 e. The second-order valence-corrected chi connectivity index (χ2v) is 10.6. The topological polar surface area (TPSA) is 144 Å². The maximum absolute atomic E-state index is 13.8. The first-order valence-corrected chi connectivity index (χ1v) is 14.0. The summed E-state index contributed by atoms with van der Waals surface area (Å²) in [7, 11) is 0. The summed E-state index contributed by atoms with van der Waals surface area (Å²) in [6.45, 7) is 9.34. The second kappa shape index (κ2) is 14.4. The van der Waals surface area contributed by atoms with Gasteiger partial charge in [-0.2, -0.15) is 0 Å². The zero-order valence-corrected chi connectivity index (χ0v) is 24.3. The van der Waals surface area contributed by atoms with Gasteiger partial charge in [0.05, 0.1) is 29.3 Å². The molecule has 11 heteroatoms. The Balaban J connectivity index is 1.81. The fourth-order valence-corrected chi connectivity index (χ4v) is 4.57. The number of carbonyl (C=O) groups excluding carboxylic acids is 1. The lowest BCUT2D eigenvalue weighted by Gasteiger charge is -2.33. The molecule has 3 rings (SSSR count). The summed E-state index contributed by atoms with van der Waals surface area (Å²) in [6.07, 6.45) is 4.93. The van der Waals surface area contributed by atoms with Gasteiger partial charge >= 0.3 is 0 Å². The number of alkyl halides is 2. The molecule has 0 aromatic heterocycles. The summed E-state index contributed by atoms with van der Waals surface area (Å²) in [6, 6.07) is 10.6. The standard InChI is InChI=1S/C30H43F2N7O2/c1-19-8-5-6-16-39(19)17-15-36-21(3)37-25(22-11-13-23(14-12-22)30(4,31)32)18-27(34)41-26-10-7-9-24(28(26)35)38-29(40)20(2)33/h7,9-14,18-21,36H,5-6,8,15-17,33-35H2,1-4H3,(H,38,40)/b27-18+,37-25?. The SMILES string of the molecule is CC(N=C(/C=C(\N)Oc1cccc(NC(=O)C(C)N)c1N)c1ccc(C(C)(F)F)cc1)NCCN1CCCCC1C.